The Hall–Kier alpha value is -3.52. The van der Waals surface area contributed by atoms with Gasteiger partial charge < -0.3 is 14.1 Å². The molecule has 0 spiro atoms. The molecule has 4 aromatic rings. The second-order valence-electron chi connectivity index (χ2n) is 7.68. The number of methoxy groups -OCH3 is 1. The fourth-order valence-corrected chi connectivity index (χ4v) is 4.36. The summed E-state index contributed by atoms with van der Waals surface area (Å²) in [5.74, 6) is 2.51. The van der Waals surface area contributed by atoms with Crippen molar-refractivity contribution in [1.82, 2.24) is 14.8 Å². The number of furan rings is 1. The Bertz CT molecular complexity index is 1170. The largest absolute Gasteiger partial charge is 0.497 e. The Morgan fingerprint density at radius 1 is 1.06 bits per heavy atom. The van der Waals surface area contributed by atoms with Gasteiger partial charge >= 0.3 is 0 Å². The van der Waals surface area contributed by atoms with E-state index in [9.17, 15) is 4.79 Å². The number of carbonyl (C=O) groups excluding carboxylic acids is 1. The van der Waals surface area contributed by atoms with Crippen LogP contribution in [0.5, 0.6) is 5.75 Å². The van der Waals surface area contributed by atoms with Gasteiger partial charge in [-0.25, -0.2) is 0 Å². The lowest BCUT2D eigenvalue weighted by atomic mass is 10.2. The molecule has 0 bridgehead atoms. The first kappa shape index (κ1) is 22.7. The van der Waals surface area contributed by atoms with Gasteiger partial charge in [-0.05, 0) is 62.4 Å². The Morgan fingerprint density at radius 3 is 2.45 bits per heavy atom. The monoisotopic (exact) mass is 462 g/mol. The average molecular weight is 463 g/mol. The highest BCUT2D eigenvalue weighted by atomic mass is 32.2. The van der Waals surface area contributed by atoms with E-state index in [0.717, 1.165) is 22.8 Å². The summed E-state index contributed by atoms with van der Waals surface area (Å²) in [4.78, 5) is 15.0. The van der Waals surface area contributed by atoms with Crippen molar-refractivity contribution >= 4 is 23.4 Å². The summed E-state index contributed by atoms with van der Waals surface area (Å²) in [6.07, 6.45) is 1.64. The van der Waals surface area contributed by atoms with Crippen molar-refractivity contribution in [2.24, 2.45) is 0 Å². The molecule has 0 unspecified atom stereocenters. The number of aromatic nitrogens is 3. The molecule has 1 amide bonds. The van der Waals surface area contributed by atoms with Crippen molar-refractivity contribution < 1.29 is 13.9 Å². The third kappa shape index (κ3) is 5.28. The van der Waals surface area contributed by atoms with Gasteiger partial charge in [0.25, 0.3) is 0 Å². The smallest absolute Gasteiger partial charge is 0.237 e. The maximum atomic E-state index is 13.1. The minimum Gasteiger partial charge on any atom is -0.497 e. The highest BCUT2D eigenvalue weighted by Crippen LogP contribution is 2.28. The molecule has 8 heteroatoms. The highest BCUT2D eigenvalue weighted by molar-refractivity contribution is 7.99. The zero-order valence-electron chi connectivity index (χ0n) is 18.8. The molecular weight excluding hydrogens is 436 g/mol. The predicted molar refractivity (Wildman–Crippen MR) is 130 cm³/mol. The van der Waals surface area contributed by atoms with E-state index in [1.165, 1.54) is 11.8 Å². The van der Waals surface area contributed by atoms with Crippen molar-refractivity contribution in [2.45, 2.75) is 31.6 Å². The maximum Gasteiger partial charge on any atom is 0.237 e. The van der Waals surface area contributed by atoms with E-state index in [1.54, 1.807) is 13.4 Å². The van der Waals surface area contributed by atoms with Crippen LogP contribution in [0.1, 0.15) is 19.6 Å². The van der Waals surface area contributed by atoms with Gasteiger partial charge in [-0.1, -0.05) is 30.0 Å². The molecule has 0 atom stereocenters. The second-order valence-corrected chi connectivity index (χ2v) is 8.62. The lowest BCUT2D eigenvalue weighted by Crippen LogP contribution is -2.38. The number of ether oxygens (including phenoxy) is 1. The topological polar surface area (TPSA) is 73.4 Å². The Balaban J connectivity index is 1.59. The summed E-state index contributed by atoms with van der Waals surface area (Å²) in [6.45, 7) is 4.48. The van der Waals surface area contributed by atoms with E-state index >= 15 is 0 Å². The zero-order valence-corrected chi connectivity index (χ0v) is 19.7. The number of rotatable bonds is 9. The van der Waals surface area contributed by atoms with E-state index in [-0.39, 0.29) is 17.7 Å². The second kappa shape index (κ2) is 10.4. The van der Waals surface area contributed by atoms with Crippen molar-refractivity contribution in [3.63, 3.8) is 0 Å². The summed E-state index contributed by atoms with van der Waals surface area (Å²) >= 11 is 1.37. The molecule has 4 rings (SSSR count). The number of hydrogen-bond acceptors (Lipinski definition) is 6. The Morgan fingerprint density at radius 2 is 1.82 bits per heavy atom. The molecule has 0 radical (unpaired) electrons. The molecular formula is C25H26N4O3S. The first-order valence-corrected chi connectivity index (χ1v) is 11.6. The summed E-state index contributed by atoms with van der Waals surface area (Å²) in [7, 11) is 1.63. The number of para-hydroxylation sites is 1. The summed E-state index contributed by atoms with van der Waals surface area (Å²) in [6, 6.07) is 21.2. The number of nitrogens with zero attached hydrogens (tertiary/aromatic N) is 4. The maximum absolute atomic E-state index is 13.1. The number of carbonyl (C=O) groups is 1. The molecule has 0 fully saturated rings. The lowest BCUT2D eigenvalue weighted by Gasteiger charge is -2.26. The molecule has 0 saturated carbocycles. The van der Waals surface area contributed by atoms with E-state index < -0.39 is 0 Å². The molecule has 170 valence electrons. The first-order valence-electron chi connectivity index (χ1n) is 10.7. The lowest BCUT2D eigenvalue weighted by molar-refractivity contribution is -0.116. The summed E-state index contributed by atoms with van der Waals surface area (Å²) in [5.41, 5.74) is 1.79. The quantitative estimate of drug-likeness (QED) is 0.321. The van der Waals surface area contributed by atoms with Crippen LogP contribution in [0.15, 0.2) is 82.6 Å². The van der Waals surface area contributed by atoms with Gasteiger partial charge in [-0.2, -0.15) is 0 Å². The minimum absolute atomic E-state index is 0.0137. The van der Waals surface area contributed by atoms with E-state index in [2.05, 4.69) is 10.2 Å². The van der Waals surface area contributed by atoms with Crippen LogP contribution < -0.4 is 9.64 Å². The van der Waals surface area contributed by atoms with Gasteiger partial charge in [-0.3, -0.25) is 9.36 Å². The van der Waals surface area contributed by atoms with Crippen LogP contribution in [0.2, 0.25) is 0 Å². The van der Waals surface area contributed by atoms with Gasteiger partial charge in [-0.15, -0.1) is 10.2 Å². The molecule has 0 saturated heterocycles. The van der Waals surface area contributed by atoms with Crippen LogP contribution >= 0.6 is 11.8 Å². The number of thioether (sulfide) groups is 1. The van der Waals surface area contributed by atoms with Gasteiger partial charge in [0.15, 0.2) is 11.0 Å². The Kier molecular flexibility index (Phi) is 7.14. The first-order chi connectivity index (χ1) is 16.1. The van der Waals surface area contributed by atoms with E-state index in [1.807, 2.05) is 90.0 Å². The van der Waals surface area contributed by atoms with Crippen molar-refractivity contribution in [1.29, 1.82) is 0 Å². The molecule has 2 aromatic carbocycles. The predicted octanol–water partition coefficient (Wildman–Crippen LogP) is 5.13. The minimum atomic E-state index is 0.0137. The molecule has 2 aromatic heterocycles. The fraction of sp³-hybridized carbons (Fsp3) is 0.240. The number of hydrogen-bond donors (Lipinski definition) is 0. The van der Waals surface area contributed by atoms with E-state index in [0.29, 0.717) is 17.5 Å². The SMILES string of the molecule is COc1ccc(-c2nnc(SCC(=O)N(c3ccccc3)C(C)C)n2Cc2ccco2)cc1. The third-order valence-electron chi connectivity index (χ3n) is 5.10. The Labute approximate surface area is 197 Å². The molecule has 0 aliphatic rings. The fourth-order valence-electron chi connectivity index (χ4n) is 3.56. The number of benzene rings is 2. The molecule has 0 aliphatic carbocycles. The third-order valence-corrected chi connectivity index (χ3v) is 6.05. The standard InChI is InChI=1S/C25H26N4O3S/c1-18(2)29(20-8-5-4-6-9-20)23(30)17-33-25-27-26-24(19-11-13-21(31-3)14-12-19)28(25)16-22-10-7-15-32-22/h4-15,18H,16-17H2,1-3H3. The summed E-state index contributed by atoms with van der Waals surface area (Å²) < 4.78 is 12.8. The zero-order chi connectivity index (χ0) is 23.2. The summed E-state index contributed by atoms with van der Waals surface area (Å²) in [5, 5.41) is 9.47. The van der Waals surface area contributed by atoms with Gasteiger partial charge in [0.05, 0.1) is 25.7 Å². The number of anilines is 1. The van der Waals surface area contributed by atoms with Crippen LogP contribution in [0.3, 0.4) is 0 Å². The van der Waals surface area contributed by atoms with Crippen LogP contribution in [-0.2, 0) is 11.3 Å². The van der Waals surface area contributed by atoms with Crippen molar-refractivity contribution in [2.75, 3.05) is 17.8 Å². The van der Waals surface area contributed by atoms with Gasteiger partial charge in [0, 0.05) is 17.3 Å². The molecule has 2 heterocycles. The number of amides is 1. The van der Waals surface area contributed by atoms with Crippen LogP contribution in [0.4, 0.5) is 5.69 Å². The van der Waals surface area contributed by atoms with Gasteiger partial charge in [0.1, 0.15) is 11.5 Å². The molecule has 0 aliphatic heterocycles. The molecule has 7 nitrogen and oxygen atoms in total. The van der Waals surface area contributed by atoms with Crippen LogP contribution in [0.25, 0.3) is 11.4 Å². The van der Waals surface area contributed by atoms with Crippen LogP contribution in [-0.4, -0.2) is 39.6 Å². The highest BCUT2D eigenvalue weighted by Gasteiger charge is 2.22. The van der Waals surface area contributed by atoms with Crippen molar-refractivity contribution in [3.8, 4) is 17.1 Å². The molecule has 0 N–H and O–H groups in total. The average Bonchev–Trinajstić information content (AvgIpc) is 3.49. The molecule has 33 heavy (non-hydrogen) atoms. The van der Waals surface area contributed by atoms with Crippen LogP contribution in [0, 0.1) is 0 Å². The van der Waals surface area contributed by atoms with Crippen molar-refractivity contribution in [3.05, 3.63) is 78.8 Å². The normalized spacial score (nSPS) is 11.0. The van der Waals surface area contributed by atoms with E-state index in [4.69, 9.17) is 9.15 Å². The van der Waals surface area contributed by atoms with Gasteiger partial charge in [0.2, 0.25) is 5.91 Å².